The maximum absolute atomic E-state index is 13.2. The van der Waals surface area contributed by atoms with E-state index >= 15 is 0 Å². The summed E-state index contributed by atoms with van der Waals surface area (Å²) in [5.74, 6) is -1.84. The molecule has 5 nitrogen and oxygen atoms in total. The quantitative estimate of drug-likeness (QED) is 0.739. The molecule has 1 saturated heterocycles. The molecular formula is C18H15F3N2O3S2. The van der Waals surface area contributed by atoms with Crippen molar-refractivity contribution in [3.8, 4) is 0 Å². The van der Waals surface area contributed by atoms with E-state index in [0.717, 1.165) is 45.0 Å². The summed E-state index contributed by atoms with van der Waals surface area (Å²) >= 11 is 2.12. The van der Waals surface area contributed by atoms with Crippen molar-refractivity contribution < 1.29 is 22.8 Å². The minimum absolute atomic E-state index is 0.0878. The van der Waals surface area contributed by atoms with Crippen LogP contribution in [0.2, 0.25) is 0 Å². The number of thioether (sulfide) groups is 1. The van der Waals surface area contributed by atoms with Crippen LogP contribution in [-0.2, 0) is 21.2 Å². The molecule has 2 amide bonds. The topological polar surface area (TPSA) is 70.2 Å². The molecule has 1 N–H and O–H groups in total. The molecular weight excluding hydrogens is 413 g/mol. The lowest BCUT2D eigenvalue weighted by atomic mass is 9.72. The normalized spacial score (nSPS) is 27.1. The molecule has 1 fully saturated rings. The standard InChI is InChI=1S/C18H15F3N2O3S2/c1-3-17(2)10-11(27-13-12(17)28-16(26)22-13)15(25)23(14(10)24)9-6-4-5-8(7-9)18(19,20)21/h4-7,10-11H,3H2,1-2H3,(H,22,26)/t10?,11?,17-/m0/s1. The average molecular weight is 428 g/mol. The number of thiazole rings is 1. The predicted octanol–water partition coefficient (Wildman–Crippen LogP) is 3.79. The third kappa shape index (κ3) is 2.65. The van der Waals surface area contributed by atoms with E-state index in [1.54, 1.807) is 0 Å². The fourth-order valence-electron chi connectivity index (χ4n) is 3.87. The molecule has 3 heterocycles. The number of fused-ring (bicyclic) bond motifs is 2. The molecule has 1 aromatic carbocycles. The van der Waals surface area contributed by atoms with Crippen LogP contribution < -0.4 is 9.77 Å². The molecule has 10 heteroatoms. The van der Waals surface area contributed by atoms with Gasteiger partial charge < -0.3 is 4.98 Å². The summed E-state index contributed by atoms with van der Waals surface area (Å²) in [5.41, 5.74) is -1.76. The van der Waals surface area contributed by atoms with Crippen LogP contribution in [0.4, 0.5) is 18.9 Å². The van der Waals surface area contributed by atoms with Crippen LogP contribution in [0.25, 0.3) is 0 Å². The van der Waals surface area contributed by atoms with Gasteiger partial charge in [-0.1, -0.05) is 43.0 Å². The van der Waals surface area contributed by atoms with E-state index in [4.69, 9.17) is 0 Å². The summed E-state index contributed by atoms with van der Waals surface area (Å²) in [7, 11) is 0. The number of amides is 2. The number of hydrogen-bond acceptors (Lipinski definition) is 5. The number of imide groups is 1. The van der Waals surface area contributed by atoms with E-state index in [0.29, 0.717) is 11.4 Å². The summed E-state index contributed by atoms with van der Waals surface area (Å²) in [4.78, 5) is 42.1. The molecule has 4 rings (SSSR count). The molecule has 2 aliphatic rings. The summed E-state index contributed by atoms with van der Waals surface area (Å²) in [6.07, 6.45) is -4.07. The molecule has 0 bridgehead atoms. The number of alkyl halides is 3. The number of aromatic amines is 1. The third-order valence-corrected chi connectivity index (χ3v) is 8.05. The van der Waals surface area contributed by atoms with E-state index < -0.39 is 40.1 Å². The lowest BCUT2D eigenvalue weighted by Crippen LogP contribution is -2.43. The lowest BCUT2D eigenvalue weighted by molar-refractivity contribution is -0.137. The van der Waals surface area contributed by atoms with Crippen molar-refractivity contribution in [3.05, 3.63) is 44.4 Å². The first-order valence-electron chi connectivity index (χ1n) is 8.53. The number of benzene rings is 1. The maximum atomic E-state index is 13.2. The number of hydrogen-bond donors (Lipinski definition) is 1. The molecule has 3 atom stereocenters. The Kier molecular flexibility index (Phi) is 4.27. The van der Waals surface area contributed by atoms with Crippen molar-refractivity contribution in [2.75, 3.05) is 4.90 Å². The molecule has 0 saturated carbocycles. The van der Waals surface area contributed by atoms with Gasteiger partial charge in [-0.05, 0) is 24.6 Å². The van der Waals surface area contributed by atoms with Crippen LogP contribution >= 0.6 is 23.1 Å². The van der Waals surface area contributed by atoms with Crippen LogP contribution in [-0.4, -0.2) is 22.0 Å². The van der Waals surface area contributed by atoms with Gasteiger partial charge in [-0.25, -0.2) is 4.90 Å². The number of carbonyl (C=O) groups is 2. The molecule has 0 aliphatic carbocycles. The number of nitrogens with zero attached hydrogens (tertiary/aromatic N) is 1. The first kappa shape index (κ1) is 19.3. The van der Waals surface area contributed by atoms with Crippen LogP contribution in [0.5, 0.6) is 0 Å². The zero-order valence-electron chi connectivity index (χ0n) is 14.8. The van der Waals surface area contributed by atoms with Crippen LogP contribution in [0.15, 0.2) is 34.1 Å². The van der Waals surface area contributed by atoms with Crippen molar-refractivity contribution in [2.24, 2.45) is 5.92 Å². The highest BCUT2D eigenvalue weighted by molar-refractivity contribution is 8.00. The highest BCUT2D eigenvalue weighted by Gasteiger charge is 2.60. The Morgan fingerprint density at radius 2 is 1.93 bits per heavy atom. The minimum Gasteiger partial charge on any atom is -0.307 e. The Balaban J connectivity index is 1.81. The smallest absolute Gasteiger partial charge is 0.307 e. The second-order valence-electron chi connectivity index (χ2n) is 7.02. The molecule has 2 aliphatic heterocycles. The molecule has 2 unspecified atom stereocenters. The van der Waals surface area contributed by atoms with Gasteiger partial charge in [0.15, 0.2) is 0 Å². The third-order valence-electron chi connectivity index (χ3n) is 5.49. The maximum Gasteiger partial charge on any atom is 0.416 e. The van der Waals surface area contributed by atoms with Gasteiger partial charge in [0.1, 0.15) is 5.25 Å². The van der Waals surface area contributed by atoms with Crippen LogP contribution in [0.3, 0.4) is 0 Å². The molecule has 1 aromatic heterocycles. The van der Waals surface area contributed by atoms with E-state index in [1.165, 1.54) is 12.1 Å². The van der Waals surface area contributed by atoms with E-state index in [9.17, 15) is 27.6 Å². The van der Waals surface area contributed by atoms with Gasteiger partial charge in [0, 0.05) is 10.3 Å². The van der Waals surface area contributed by atoms with Gasteiger partial charge >= 0.3 is 11.0 Å². The Hall–Kier alpha value is -2.07. The average Bonchev–Trinajstić information content (AvgIpc) is 3.13. The lowest BCUT2D eigenvalue weighted by Gasteiger charge is -2.38. The molecule has 2 aromatic rings. The monoisotopic (exact) mass is 428 g/mol. The van der Waals surface area contributed by atoms with Crippen molar-refractivity contribution in [1.82, 2.24) is 4.98 Å². The highest BCUT2D eigenvalue weighted by Crippen LogP contribution is 2.55. The summed E-state index contributed by atoms with van der Waals surface area (Å²) in [6, 6.07) is 4.22. The summed E-state index contributed by atoms with van der Waals surface area (Å²) in [6.45, 7) is 3.69. The number of nitrogens with one attached hydrogen (secondary N) is 1. The molecule has 0 spiro atoms. The van der Waals surface area contributed by atoms with Gasteiger partial charge in [-0.2, -0.15) is 13.2 Å². The predicted molar refractivity (Wildman–Crippen MR) is 99.7 cm³/mol. The van der Waals surface area contributed by atoms with Crippen molar-refractivity contribution >= 4 is 40.6 Å². The van der Waals surface area contributed by atoms with Crippen LogP contribution in [0.1, 0.15) is 30.7 Å². The number of rotatable bonds is 2. The second-order valence-corrected chi connectivity index (χ2v) is 9.15. The van der Waals surface area contributed by atoms with E-state index in [1.807, 2.05) is 13.8 Å². The zero-order valence-corrected chi connectivity index (χ0v) is 16.4. The molecule has 28 heavy (non-hydrogen) atoms. The van der Waals surface area contributed by atoms with Gasteiger partial charge in [-0.15, -0.1) is 0 Å². The number of aromatic nitrogens is 1. The van der Waals surface area contributed by atoms with Gasteiger partial charge in [0.2, 0.25) is 11.8 Å². The minimum atomic E-state index is -4.58. The fourth-order valence-corrected chi connectivity index (χ4v) is 6.69. The van der Waals surface area contributed by atoms with Gasteiger partial charge in [0.25, 0.3) is 0 Å². The van der Waals surface area contributed by atoms with Gasteiger partial charge in [0.05, 0.1) is 22.2 Å². The Bertz CT molecular complexity index is 1050. The molecule has 0 radical (unpaired) electrons. The fraction of sp³-hybridized carbons (Fsp3) is 0.389. The van der Waals surface area contributed by atoms with E-state index in [-0.39, 0.29) is 10.6 Å². The Morgan fingerprint density at radius 3 is 2.57 bits per heavy atom. The number of halogens is 3. The first-order valence-corrected chi connectivity index (χ1v) is 10.2. The Morgan fingerprint density at radius 1 is 1.21 bits per heavy atom. The Labute approximate surface area is 165 Å². The van der Waals surface area contributed by atoms with Gasteiger partial charge in [-0.3, -0.25) is 14.4 Å². The summed E-state index contributed by atoms with van der Waals surface area (Å²) in [5, 5.41) is -0.225. The number of H-pyrrole nitrogens is 1. The van der Waals surface area contributed by atoms with E-state index in [2.05, 4.69) is 4.98 Å². The summed E-state index contributed by atoms with van der Waals surface area (Å²) < 4.78 is 39.2. The SMILES string of the molecule is CC[C@]1(C)c2sc(=O)[nH]c2SC2C(=O)N(c3cccc(C(F)(F)F)c3)C(=O)C21. The zero-order chi connectivity index (χ0) is 20.4. The van der Waals surface area contributed by atoms with Crippen molar-refractivity contribution in [1.29, 1.82) is 0 Å². The number of anilines is 1. The highest BCUT2D eigenvalue weighted by atomic mass is 32.2. The first-order chi connectivity index (χ1) is 13.1. The largest absolute Gasteiger partial charge is 0.416 e. The second kappa shape index (κ2) is 6.21. The van der Waals surface area contributed by atoms with Crippen LogP contribution in [0, 0.1) is 5.92 Å². The number of carbonyl (C=O) groups excluding carboxylic acids is 2. The van der Waals surface area contributed by atoms with Crippen molar-refractivity contribution in [2.45, 2.75) is 42.1 Å². The van der Waals surface area contributed by atoms with Crippen molar-refractivity contribution in [3.63, 3.8) is 0 Å². The molecule has 148 valence electrons.